The van der Waals surface area contributed by atoms with Gasteiger partial charge in [0.25, 0.3) is 0 Å². The maximum absolute atomic E-state index is 12.5. The molecule has 0 spiro atoms. The van der Waals surface area contributed by atoms with Gasteiger partial charge in [-0.25, -0.2) is 0 Å². The molecule has 0 radical (unpaired) electrons. The van der Waals surface area contributed by atoms with Crippen molar-refractivity contribution in [2.45, 2.75) is 38.5 Å². The Labute approximate surface area is 116 Å². The zero-order chi connectivity index (χ0) is 13.9. The second kappa shape index (κ2) is 6.23. The summed E-state index contributed by atoms with van der Waals surface area (Å²) in [6, 6.07) is 0. The van der Waals surface area contributed by atoms with E-state index in [-0.39, 0.29) is 23.8 Å². The van der Waals surface area contributed by atoms with Crippen LogP contribution in [0, 0.1) is 11.3 Å². The van der Waals surface area contributed by atoms with Crippen molar-refractivity contribution in [3.8, 4) is 0 Å². The maximum atomic E-state index is 12.5. The van der Waals surface area contributed by atoms with Crippen molar-refractivity contribution in [1.29, 1.82) is 0 Å². The van der Waals surface area contributed by atoms with Crippen molar-refractivity contribution in [2.75, 3.05) is 40.3 Å². The van der Waals surface area contributed by atoms with Crippen LogP contribution in [-0.2, 0) is 4.79 Å². The Bertz CT molecular complexity index is 313. The van der Waals surface area contributed by atoms with E-state index >= 15 is 0 Å². The summed E-state index contributed by atoms with van der Waals surface area (Å²) in [5.41, 5.74) is -0.0228. The van der Waals surface area contributed by atoms with Gasteiger partial charge in [0.15, 0.2) is 0 Å². The molecular weight excluding hydrogens is 240 g/mol. The highest BCUT2D eigenvalue weighted by molar-refractivity contribution is 5.79. The topological polar surface area (TPSA) is 43.8 Å². The van der Waals surface area contributed by atoms with Crippen molar-refractivity contribution >= 4 is 5.91 Å². The van der Waals surface area contributed by atoms with Gasteiger partial charge in [-0.15, -0.1) is 0 Å². The molecule has 1 saturated carbocycles. The summed E-state index contributed by atoms with van der Waals surface area (Å²) in [7, 11) is 4.00. The zero-order valence-corrected chi connectivity index (χ0v) is 12.4. The molecule has 1 unspecified atom stereocenters. The van der Waals surface area contributed by atoms with E-state index in [1.54, 1.807) is 0 Å². The van der Waals surface area contributed by atoms with Crippen molar-refractivity contribution < 1.29 is 9.90 Å². The van der Waals surface area contributed by atoms with Gasteiger partial charge in [-0.05, 0) is 39.3 Å². The van der Waals surface area contributed by atoms with Crippen LogP contribution in [0.4, 0.5) is 0 Å². The van der Waals surface area contributed by atoms with E-state index in [0.29, 0.717) is 0 Å². The Hall–Kier alpha value is -0.610. The first-order valence-electron chi connectivity index (χ1n) is 7.61. The van der Waals surface area contributed by atoms with E-state index in [4.69, 9.17) is 0 Å². The van der Waals surface area contributed by atoms with Crippen molar-refractivity contribution in [1.82, 2.24) is 9.80 Å². The number of likely N-dealkylation sites (tertiary alicyclic amines) is 1. The normalized spacial score (nSPS) is 27.4. The van der Waals surface area contributed by atoms with Gasteiger partial charge < -0.3 is 14.9 Å². The van der Waals surface area contributed by atoms with Crippen LogP contribution in [-0.4, -0.2) is 61.2 Å². The first kappa shape index (κ1) is 14.8. The number of amides is 1. The first-order chi connectivity index (χ1) is 9.06. The Morgan fingerprint density at radius 3 is 2.63 bits per heavy atom. The van der Waals surface area contributed by atoms with Crippen molar-refractivity contribution in [3.05, 3.63) is 0 Å². The first-order valence-corrected chi connectivity index (χ1v) is 7.61. The molecule has 1 atom stereocenters. The van der Waals surface area contributed by atoms with E-state index in [9.17, 15) is 9.90 Å². The minimum absolute atomic E-state index is 0.0228. The van der Waals surface area contributed by atoms with Crippen LogP contribution in [0.25, 0.3) is 0 Å². The fraction of sp³-hybridized carbons (Fsp3) is 0.933. The van der Waals surface area contributed by atoms with Crippen molar-refractivity contribution in [3.63, 3.8) is 0 Å². The molecule has 0 aromatic rings. The highest BCUT2D eigenvalue weighted by Gasteiger charge is 2.36. The highest BCUT2D eigenvalue weighted by atomic mass is 16.3. The third-order valence-corrected chi connectivity index (χ3v) is 4.92. The zero-order valence-electron chi connectivity index (χ0n) is 12.4. The lowest BCUT2D eigenvalue weighted by molar-refractivity contribution is -0.137. The molecule has 1 saturated heterocycles. The Kier molecular flexibility index (Phi) is 4.85. The van der Waals surface area contributed by atoms with Gasteiger partial charge in [0.2, 0.25) is 5.91 Å². The van der Waals surface area contributed by atoms with Crippen LogP contribution in [0.1, 0.15) is 38.5 Å². The van der Waals surface area contributed by atoms with Gasteiger partial charge in [0.05, 0.1) is 12.5 Å². The molecule has 2 fully saturated rings. The number of rotatable bonds is 4. The summed E-state index contributed by atoms with van der Waals surface area (Å²) in [6.07, 6.45) is 6.63. The number of hydrogen-bond donors (Lipinski definition) is 1. The van der Waals surface area contributed by atoms with Crippen LogP contribution in [0.3, 0.4) is 0 Å². The molecule has 0 bridgehead atoms. The summed E-state index contributed by atoms with van der Waals surface area (Å²) in [5.74, 6) is 0.423. The molecule has 1 amide bonds. The molecule has 1 aliphatic carbocycles. The molecular formula is C15H28N2O2. The van der Waals surface area contributed by atoms with E-state index in [1.807, 2.05) is 11.9 Å². The summed E-state index contributed by atoms with van der Waals surface area (Å²) in [5, 5.41) is 9.65. The smallest absolute Gasteiger partial charge is 0.226 e. The maximum Gasteiger partial charge on any atom is 0.226 e. The van der Waals surface area contributed by atoms with Crippen LogP contribution in [0.2, 0.25) is 0 Å². The number of aliphatic hydroxyl groups is 1. The summed E-state index contributed by atoms with van der Waals surface area (Å²) >= 11 is 0. The average Bonchev–Trinajstić information content (AvgIpc) is 2.87. The van der Waals surface area contributed by atoms with Crippen LogP contribution < -0.4 is 0 Å². The molecule has 4 heteroatoms. The molecule has 19 heavy (non-hydrogen) atoms. The van der Waals surface area contributed by atoms with Crippen LogP contribution in [0.5, 0.6) is 0 Å². The van der Waals surface area contributed by atoms with E-state index in [0.717, 1.165) is 45.3 Å². The second-order valence-electron chi connectivity index (χ2n) is 6.66. The molecule has 110 valence electrons. The molecule has 4 nitrogen and oxygen atoms in total. The third-order valence-electron chi connectivity index (χ3n) is 4.92. The number of piperidine rings is 1. The molecule has 2 aliphatic rings. The lowest BCUT2D eigenvalue weighted by Gasteiger charge is -2.36. The van der Waals surface area contributed by atoms with Gasteiger partial charge in [0.1, 0.15) is 0 Å². The lowest BCUT2D eigenvalue weighted by atomic mass is 9.86. The lowest BCUT2D eigenvalue weighted by Crippen LogP contribution is -2.46. The molecule has 0 aromatic heterocycles. The van der Waals surface area contributed by atoms with E-state index < -0.39 is 0 Å². The fourth-order valence-corrected chi connectivity index (χ4v) is 3.75. The van der Waals surface area contributed by atoms with Crippen LogP contribution >= 0.6 is 0 Å². The number of aliphatic hydroxyl groups excluding tert-OH is 1. The summed E-state index contributed by atoms with van der Waals surface area (Å²) in [4.78, 5) is 16.6. The van der Waals surface area contributed by atoms with Gasteiger partial charge in [-0.1, -0.05) is 12.8 Å². The Balaban J connectivity index is 1.91. The molecule has 1 N–H and O–H groups in total. The van der Waals surface area contributed by atoms with Crippen molar-refractivity contribution in [2.24, 2.45) is 11.3 Å². The van der Waals surface area contributed by atoms with Crippen LogP contribution in [0.15, 0.2) is 0 Å². The molecule has 1 aliphatic heterocycles. The summed E-state index contributed by atoms with van der Waals surface area (Å²) < 4.78 is 0. The average molecular weight is 268 g/mol. The quantitative estimate of drug-likeness (QED) is 0.837. The minimum atomic E-state index is -0.0228. The van der Waals surface area contributed by atoms with Gasteiger partial charge in [-0.2, -0.15) is 0 Å². The number of hydrogen-bond acceptors (Lipinski definition) is 3. The van der Waals surface area contributed by atoms with Gasteiger partial charge >= 0.3 is 0 Å². The highest BCUT2D eigenvalue weighted by Crippen LogP contribution is 2.38. The van der Waals surface area contributed by atoms with E-state index in [2.05, 4.69) is 11.9 Å². The van der Waals surface area contributed by atoms with Gasteiger partial charge in [0, 0.05) is 25.6 Å². The number of nitrogens with zero attached hydrogens (tertiary/aromatic N) is 2. The second-order valence-corrected chi connectivity index (χ2v) is 6.66. The minimum Gasteiger partial charge on any atom is -0.396 e. The molecule has 2 rings (SSSR count). The Morgan fingerprint density at radius 2 is 2.05 bits per heavy atom. The van der Waals surface area contributed by atoms with E-state index in [1.165, 1.54) is 12.8 Å². The predicted octanol–water partition coefficient (Wildman–Crippen LogP) is 1.34. The SMILES string of the molecule is CN1CCCC(C(=O)N(C)CC2(CO)CCCC2)C1. The van der Waals surface area contributed by atoms with Gasteiger partial charge in [-0.3, -0.25) is 4.79 Å². The molecule has 1 heterocycles. The monoisotopic (exact) mass is 268 g/mol. The standard InChI is InChI=1S/C15H28N2O2/c1-16-9-5-6-13(10-16)14(19)17(2)11-15(12-18)7-3-4-8-15/h13,18H,3-12H2,1-2H3. The molecule has 0 aromatic carbocycles. The third kappa shape index (κ3) is 3.48. The fourth-order valence-electron chi connectivity index (χ4n) is 3.75. The largest absolute Gasteiger partial charge is 0.396 e. The predicted molar refractivity (Wildman–Crippen MR) is 75.8 cm³/mol. The Morgan fingerprint density at radius 1 is 1.37 bits per heavy atom. The number of carbonyl (C=O) groups excluding carboxylic acids is 1. The summed E-state index contributed by atoms with van der Waals surface area (Å²) in [6.45, 7) is 2.93. The number of carbonyl (C=O) groups is 1.